The maximum absolute atomic E-state index is 13.1. The minimum atomic E-state index is -1.03. The van der Waals surface area contributed by atoms with Gasteiger partial charge in [0.05, 0.1) is 26.7 Å². The Morgan fingerprint density at radius 1 is 0.720 bits per heavy atom. The first kappa shape index (κ1) is 37.8. The summed E-state index contributed by atoms with van der Waals surface area (Å²) in [5, 5.41) is 31.5. The Kier molecular flexibility index (Phi) is 14.1. The van der Waals surface area contributed by atoms with E-state index in [0.29, 0.717) is 70.0 Å². The molecule has 1 aliphatic rings. The van der Waals surface area contributed by atoms with Crippen molar-refractivity contribution in [2.75, 3.05) is 92.2 Å². The van der Waals surface area contributed by atoms with E-state index in [1.54, 1.807) is 40.0 Å². The molecule has 0 unspecified atom stereocenters. The number of carbonyl (C=O) groups excluding carboxylic acids is 1. The second-order valence-corrected chi connectivity index (χ2v) is 11.9. The number of methoxy groups -OCH3 is 1. The number of hydrogen-bond donors (Lipinski definition) is 4. The van der Waals surface area contributed by atoms with Gasteiger partial charge in [-0.25, -0.2) is 4.79 Å². The Morgan fingerprint density at radius 3 is 1.72 bits per heavy atom. The fraction of sp³-hybridized carbons (Fsp3) is 0.441. The molecule has 1 aromatic heterocycles. The van der Waals surface area contributed by atoms with E-state index in [-0.39, 0.29) is 43.9 Å². The molecule has 50 heavy (non-hydrogen) atoms. The molecule has 0 aliphatic carbocycles. The first-order chi connectivity index (χ1) is 24.0. The molecule has 4 N–H and O–H groups in total. The number of fused-ring (bicyclic) bond motifs is 1. The Balaban J connectivity index is 1.37. The zero-order chi connectivity index (χ0) is 36.0. The van der Waals surface area contributed by atoms with Crippen LogP contribution in [0.3, 0.4) is 0 Å². The van der Waals surface area contributed by atoms with E-state index in [0.717, 1.165) is 11.3 Å². The number of ether oxygens (including phenoxy) is 2. The van der Waals surface area contributed by atoms with Gasteiger partial charge in [0.1, 0.15) is 29.3 Å². The van der Waals surface area contributed by atoms with E-state index in [1.807, 2.05) is 29.2 Å². The molecular formula is C34H43N5O11. The summed E-state index contributed by atoms with van der Waals surface area (Å²) in [5.74, 6) is -2.45. The zero-order valence-corrected chi connectivity index (χ0v) is 27.9. The highest BCUT2D eigenvalue weighted by Gasteiger charge is 2.21. The van der Waals surface area contributed by atoms with E-state index in [4.69, 9.17) is 13.9 Å². The summed E-state index contributed by atoms with van der Waals surface area (Å²) in [6.45, 7) is 2.77. The van der Waals surface area contributed by atoms with Gasteiger partial charge < -0.3 is 34.5 Å². The van der Waals surface area contributed by atoms with Crippen molar-refractivity contribution in [2.24, 2.45) is 0 Å². The van der Waals surface area contributed by atoms with Crippen molar-refractivity contribution in [1.29, 1.82) is 0 Å². The molecule has 1 fully saturated rings. The van der Waals surface area contributed by atoms with Crippen molar-refractivity contribution < 1.29 is 48.4 Å². The van der Waals surface area contributed by atoms with Crippen LogP contribution in [0.25, 0.3) is 11.0 Å². The quantitative estimate of drug-likeness (QED) is 0.170. The van der Waals surface area contributed by atoms with Crippen LogP contribution in [0.2, 0.25) is 0 Å². The molecule has 16 heteroatoms. The van der Waals surface area contributed by atoms with Gasteiger partial charge in [0.25, 0.3) is 5.91 Å². The molecule has 16 nitrogen and oxygen atoms in total. The standard InChI is InChI=1S/C34H43N5O11/c1-48-26-5-2-24(3-6-26)23-49-27-7-4-25-18-28(34(47)50-29(25)19-27)33(46)35-8-9-36-10-12-37(20-30(40)41)14-16-39(22-32(44)45)17-15-38(13-11-36)21-31(42)43/h2-7,18-19H,8-17,20-23H2,1H3,(H,35,46)(H,40,41)(H,42,43)(H,44,45). The monoisotopic (exact) mass is 697 g/mol. The van der Waals surface area contributed by atoms with Gasteiger partial charge in [-0.1, -0.05) is 12.1 Å². The normalized spacial score (nSPS) is 15.9. The molecule has 0 radical (unpaired) electrons. The smallest absolute Gasteiger partial charge is 0.349 e. The number of carboxylic acid groups (broad SMARTS) is 3. The van der Waals surface area contributed by atoms with Crippen LogP contribution in [-0.4, -0.2) is 151 Å². The van der Waals surface area contributed by atoms with Gasteiger partial charge >= 0.3 is 23.5 Å². The third-order valence-corrected chi connectivity index (χ3v) is 8.24. The number of benzene rings is 2. The first-order valence-electron chi connectivity index (χ1n) is 16.2. The van der Waals surface area contributed by atoms with E-state index < -0.39 is 29.4 Å². The van der Waals surface area contributed by atoms with Crippen LogP contribution in [0.5, 0.6) is 11.5 Å². The van der Waals surface area contributed by atoms with E-state index in [9.17, 15) is 39.3 Å². The molecule has 2 heterocycles. The average molecular weight is 698 g/mol. The number of hydrogen-bond acceptors (Lipinski definition) is 12. The van der Waals surface area contributed by atoms with Gasteiger partial charge in [0, 0.05) is 76.9 Å². The Morgan fingerprint density at radius 2 is 1.22 bits per heavy atom. The van der Waals surface area contributed by atoms with Crippen LogP contribution in [0, 0.1) is 0 Å². The van der Waals surface area contributed by atoms with Gasteiger partial charge in [0.15, 0.2) is 0 Å². The van der Waals surface area contributed by atoms with Crippen molar-refractivity contribution >= 4 is 34.8 Å². The van der Waals surface area contributed by atoms with Crippen molar-refractivity contribution in [3.63, 3.8) is 0 Å². The van der Waals surface area contributed by atoms with Gasteiger partial charge in [-0.2, -0.15) is 0 Å². The predicted octanol–water partition coefficient (Wildman–Crippen LogP) is 0.586. The van der Waals surface area contributed by atoms with Gasteiger partial charge in [-0.15, -0.1) is 0 Å². The number of nitrogens with one attached hydrogen (secondary N) is 1. The van der Waals surface area contributed by atoms with E-state index >= 15 is 0 Å². The maximum atomic E-state index is 13.1. The highest BCUT2D eigenvalue weighted by molar-refractivity contribution is 5.96. The topological polar surface area (TPSA) is 203 Å². The molecule has 270 valence electrons. The lowest BCUT2D eigenvalue weighted by Gasteiger charge is -2.33. The fourth-order valence-electron chi connectivity index (χ4n) is 5.50. The fourth-order valence-corrected chi connectivity index (χ4v) is 5.50. The van der Waals surface area contributed by atoms with Crippen molar-refractivity contribution in [3.8, 4) is 11.5 Å². The number of aliphatic carboxylic acids is 3. The third-order valence-electron chi connectivity index (χ3n) is 8.24. The molecule has 0 atom stereocenters. The molecule has 0 saturated carbocycles. The first-order valence-corrected chi connectivity index (χ1v) is 16.2. The van der Waals surface area contributed by atoms with Crippen LogP contribution in [-0.2, 0) is 21.0 Å². The molecular weight excluding hydrogens is 654 g/mol. The summed E-state index contributed by atoms with van der Waals surface area (Å²) in [7, 11) is 1.59. The number of carboxylic acids is 3. The minimum absolute atomic E-state index is 0.151. The second kappa shape index (κ2) is 18.7. The molecule has 0 spiro atoms. The summed E-state index contributed by atoms with van der Waals surface area (Å²) in [5.41, 5.74) is 0.219. The van der Waals surface area contributed by atoms with Crippen LogP contribution >= 0.6 is 0 Å². The Hall–Kier alpha value is -5.03. The summed E-state index contributed by atoms with van der Waals surface area (Å²) in [4.78, 5) is 67.4. The molecule has 1 aliphatic heterocycles. The Labute approximate surface area is 288 Å². The van der Waals surface area contributed by atoms with Crippen LogP contribution in [0.15, 0.2) is 57.7 Å². The van der Waals surface area contributed by atoms with E-state index in [2.05, 4.69) is 5.32 Å². The van der Waals surface area contributed by atoms with Crippen molar-refractivity contribution in [2.45, 2.75) is 6.61 Å². The van der Waals surface area contributed by atoms with E-state index in [1.165, 1.54) is 6.07 Å². The van der Waals surface area contributed by atoms with Crippen LogP contribution in [0.4, 0.5) is 0 Å². The highest BCUT2D eigenvalue weighted by Crippen LogP contribution is 2.22. The summed E-state index contributed by atoms with van der Waals surface area (Å²) < 4.78 is 16.5. The van der Waals surface area contributed by atoms with Crippen LogP contribution in [0.1, 0.15) is 15.9 Å². The maximum Gasteiger partial charge on any atom is 0.349 e. The zero-order valence-electron chi connectivity index (χ0n) is 27.9. The lowest BCUT2D eigenvalue weighted by atomic mass is 10.1. The van der Waals surface area contributed by atoms with Gasteiger partial charge in [0.2, 0.25) is 0 Å². The lowest BCUT2D eigenvalue weighted by molar-refractivity contribution is -0.140. The van der Waals surface area contributed by atoms with Gasteiger partial charge in [-0.05, 0) is 35.9 Å². The summed E-state index contributed by atoms with van der Waals surface area (Å²) in [6.07, 6.45) is 0. The number of rotatable bonds is 14. The predicted molar refractivity (Wildman–Crippen MR) is 181 cm³/mol. The number of carbonyl (C=O) groups is 4. The molecule has 0 bridgehead atoms. The molecule has 1 saturated heterocycles. The largest absolute Gasteiger partial charge is 0.497 e. The molecule has 1 amide bonds. The Bertz CT molecular complexity index is 1650. The third kappa shape index (κ3) is 12.1. The van der Waals surface area contributed by atoms with Gasteiger partial charge in [-0.3, -0.25) is 38.8 Å². The SMILES string of the molecule is COc1ccc(COc2ccc3cc(C(=O)NCCN4CCN(CC(=O)O)CCN(CC(=O)O)CCN(CC(=O)O)CC4)c(=O)oc3c2)cc1. The average Bonchev–Trinajstić information content (AvgIpc) is 3.07. The summed E-state index contributed by atoms with van der Waals surface area (Å²) in [6, 6.07) is 13.9. The second-order valence-electron chi connectivity index (χ2n) is 11.9. The summed E-state index contributed by atoms with van der Waals surface area (Å²) >= 11 is 0. The van der Waals surface area contributed by atoms with Crippen LogP contribution < -0.4 is 20.4 Å². The minimum Gasteiger partial charge on any atom is -0.497 e. The van der Waals surface area contributed by atoms with Crippen molar-refractivity contribution in [3.05, 3.63) is 70.1 Å². The lowest BCUT2D eigenvalue weighted by Crippen LogP contribution is -2.49. The van der Waals surface area contributed by atoms with Crippen molar-refractivity contribution in [1.82, 2.24) is 24.9 Å². The number of amides is 1. The molecule has 2 aromatic carbocycles. The molecule has 4 rings (SSSR count). The highest BCUT2D eigenvalue weighted by atomic mass is 16.5. The number of nitrogens with zero attached hydrogens (tertiary/aromatic N) is 4. The molecule has 3 aromatic rings.